The third-order valence-electron chi connectivity index (χ3n) is 4.71. The summed E-state index contributed by atoms with van der Waals surface area (Å²) in [5.41, 5.74) is 1.47. The average Bonchev–Trinajstić information content (AvgIpc) is 2.66. The lowest BCUT2D eigenvalue weighted by molar-refractivity contribution is -0.131. The van der Waals surface area contributed by atoms with Gasteiger partial charge in [0.05, 0.1) is 0 Å². The lowest BCUT2D eigenvalue weighted by atomic mass is 10.1. The van der Waals surface area contributed by atoms with Crippen LogP contribution in [0.3, 0.4) is 0 Å². The average molecular weight is 429 g/mol. The molecule has 1 heterocycles. The number of halogens is 1. The fourth-order valence-electron chi connectivity index (χ4n) is 2.63. The molecule has 0 aliphatic rings. The van der Waals surface area contributed by atoms with E-state index in [1.807, 2.05) is 18.4 Å². The molecule has 0 saturated heterocycles. The fraction of sp³-hybridized carbons (Fsp3) is 0.333. The first-order valence-electron chi connectivity index (χ1n) is 8.22. The Morgan fingerprint density at radius 2 is 1.93 bits per heavy atom. The molecule has 1 aromatic heterocycles. The normalized spacial score (nSPS) is 13.8. The molecule has 0 aliphatic heterocycles. The molecule has 1 aromatic carbocycles. The largest absolute Gasteiger partial charge is 0.312 e. The summed E-state index contributed by atoms with van der Waals surface area (Å²) in [6.07, 6.45) is 3.43. The summed E-state index contributed by atoms with van der Waals surface area (Å²) in [7, 11) is -3.91. The predicted octanol–water partition coefficient (Wildman–Crippen LogP) is 2.08. The topological polar surface area (TPSA) is 105 Å². The summed E-state index contributed by atoms with van der Waals surface area (Å²) in [6, 6.07) is 8.18. The number of benzene rings is 1. The van der Waals surface area contributed by atoms with Crippen LogP contribution in [0.4, 0.5) is 4.39 Å². The van der Waals surface area contributed by atoms with E-state index in [4.69, 9.17) is 5.21 Å². The maximum Gasteiger partial charge on any atom is 0.264 e. The maximum atomic E-state index is 14.6. The number of hydrogen-bond donors (Lipinski definition) is 2. The predicted molar refractivity (Wildman–Crippen MR) is 106 cm³/mol. The van der Waals surface area contributed by atoms with Gasteiger partial charge in [-0.3, -0.25) is 14.8 Å². The van der Waals surface area contributed by atoms with Gasteiger partial charge < -0.3 is 4.57 Å². The quantitative estimate of drug-likeness (QED) is 0.397. The number of sulfone groups is 1. The van der Waals surface area contributed by atoms with Crippen molar-refractivity contribution in [3.8, 4) is 11.1 Å². The van der Waals surface area contributed by atoms with E-state index in [2.05, 4.69) is 0 Å². The summed E-state index contributed by atoms with van der Waals surface area (Å²) >= 11 is 1.54. The minimum Gasteiger partial charge on any atom is -0.312 e. The molecule has 28 heavy (non-hydrogen) atoms. The van der Waals surface area contributed by atoms with Gasteiger partial charge in [-0.2, -0.15) is 0 Å². The molecule has 0 radical (unpaired) electrons. The second-order valence-corrected chi connectivity index (χ2v) is 9.81. The molecule has 1 atom stereocenters. The van der Waals surface area contributed by atoms with E-state index in [9.17, 15) is 22.4 Å². The van der Waals surface area contributed by atoms with E-state index in [1.165, 1.54) is 17.2 Å². The van der Waals surface area contributed by atoms with Crippen LogP contribution in [0.1, 0.15) is 13.3 Å². The van der Waals surface area contributed by atoms with Crippen LogP contribution in [0.15, 0.2) is 46.2 Å². The molecule has 0 fully saturated rings. The molecule has 0 spiro atoms. The number of aromatic nitrogens is 1. The van der Waals surface area contributed by atoms with E-state index in [-0.39, 0.29) is 18.5 Å². The van der Waals surface area contributed by atoms with Crippen molar-refractivity contribution in [1.29, 1.82) is 0 Å². The van der Waals surface area contributed by atoms with Gasteiger partial charge in [-0.15, -0.1) is 11.8 Å². The number of nitrogens with one attached hydrogen (secondary N) is 1. The maximum absolute atomic E-state index is 14.6. The molecule has 2 rings (SSSR count). The van der Waals surface area contributed by atoms with Gasteiger partial charge in [-0.1, -0.05) is 12.1 Å². The highest BCUT2D eigenvalue weighted by molar-refractivity contribution is 7.98. The molecule has 1 amide bonds. The summed E-state index contributed by atoms with van der Waals surface area (Å²) in [5, 5.41) is 8.84. The van der Waals surface area contributed by atoms with Crippen LogP contribution in [0, 0.1) is 5.82 Å². The number of nitrogens with zero attached hydrogens (tertiary/aromatic N) is 1. The molecule has 0 unspecified atom stereocenters. The SMILES string of the molecule is CSc1ccc(-c2cc(=O)n(CC[C@](C)(C(=O)NO)S(C)(=O)=O)cc2F)cc1. The van der Waals surface area contributed by atoms with Crippen molar-refractivity contribution in [2.75, 3.05) is 12.5 Å². The lowest BCUT2D eigenvalue weighted by Crippen LogP contribution is -2.50. The van der Waals surface area contributed by atoms with Gasteiger partial charge in [0.1, 0.15) is 5.82 Å². The molecule has 0 bridgehead atoms. The smallest absolute Gasteiger partial charge is 0.264 e. The van der Waals surface area contributed by atoms with Crippen molar-refractivity contribution in [3.05, 3.63) is 52.7 Å². The molecule has 10 heteroatoms. The zero-order valence-electron chi connectivity index (χ0n) is 15.6. The monoisotopic (exact) mass is 428 g/mol. The standard InChI is InChI=1S/C18H21FN2O5S2/c1-18(17(23)20-24,28(3,25)26)8-9-21-11-15(19)14(10-16(21)22)12-4-6-13(27-2)7-5-12/h4-7,10-11,24H,8-9H2,1-3H3,(H,20,23)/t18-/m1/s1. The van der Waals surface area contributed by atoms with Crippen molar-refractivity contribution in [2.24, 2.45) is 0 Å². The number of pyridine rings is 1. The highest BCUT2D eigenvalue weighted by Crippen LogP contribution is 2.25. The van der Waals surface area contributed by atoms with Gasteiger partial charge in [-0.05, 0) is 37.3 Å². The van der Waals surface area contributed by atoms with E-state index >= 15 is 0 Å². The molecular weight excluding hydrogens is 407 g/mol. The van der Waals surface area contributed by atoms with Crippen LogP contribution in [0.2, 0.25) is 0 Å². The second-order valence-electron chi connectivity index (χ2n) is 6.49. The zero-order valence-corrected chi connectivity index (χ0v) is 17.2. The third-order valence-corrected chi connectivity index (χ3v) is 7.48. The third kappa shape index (κ3) is 4.45. The summed E-state index contributed by atoms with van der Waals surface area (Å²) in [6.45, 7) is 0.912. The Labute approximate surface area is 166 Å². The Bertz CT molecular complexity index is 1030. The first-order chi connectivity index (χ1) is 13.0. The Balaban J connectivity index is 2.34. The van der Waals surface area contributed by atoms with Gasteiger partial charge >= 0.3 is 0 Å². The molecule has 0 aliphatic carbocycles. The molecule has 7 nitrogen and oxygen atoms in total. The number of carbonyl (C=O) groups is 1. The number of amides is 1. The number of thioether (sulfide) groups is 1. The summed E-state index contributed by atoms with van der Waals surface area (Å²) < 4.78 is 37.6. The van der Waals surface area contributed by atoms with Crippen molar-refractivity contribution < 1.29 is 22.8 Å². The molecule has 2 N–H and O–H groups in total. The minimum atomic E-state index is -3.91. The Hall–Kier alpha value is -2.17. The van der Waals surface area contributed by atoms with Gasteiger partial charge in [0.25, 0.3) is 11.5 Å². The zero-order chi connectivity index (χ0) is 21.1. The molecule has 0 saturated carbocycles. The van der Waals surface area contributed by atoms with E-state index in [0.29, 0.717) is 5.56 Å². The van der Waals surface area contributed by atoms with Crippen LogP contribution >= 0.6 is 11.8 Å². The fourth-order valence-corrected chi connectivity index (χ4v) is 3.88. The van der Waals surface area contributed by atoms with Crippen LogP contribution in [-0.4, -0.2) is 41.4 Å². The van der Waals surface area contributed by atoms with E-state index in [0.717, 1.165) is 34.9 Å². The van der Waals surface area contributed by atoms with Gasteiger partial charge in [0, 0.05) is 35.5 Å². The Morgan fingerprint density at radius 3 is 2.43 bits per heavy atom. The second kappa shape index (κ2) is 8.46. The van der Waals surface area contributed by atoms with Gasteiger partial charge in [0.15, 0.2) is 14.6 Å². The van der Waals surface area contributed by atoms with Crippen LogP contribution in [0.25, 0.3) is 11.1 Å². The van der Waals surface area contributed by atoms with E-state index < -0.39 is 31.9 Å². The molecular formula is C18H21FN2O5S2. The Morgan fingerprint density at radius 1 is 1.32 bits per heavy atom. The van der Waals surface area contributed by atoms with Crippen molar-refractivity contribution >= 4 is 27.5 Å². The van der Waals surface area contributed by atoms with Gasteiger partial charge in [0.2, 0.25) is 0 Å². The van der Waals surface area contributed by atoms with Crippen molar-refractivity contribution in [2.45, 2.75) is 29.5 Å². The van der Waals surface area contributed by atoms with Crippen LogP contribution in [0.5, 0.6) is 0 Å². The van der Waals surface area contributed by atoms with Gasteiger partial charge in [-0.25, -0.2) is 18.3 Å². The number of aryl methyl sites for hydroxylation is 1. The Kier molecular flexibility index (Phi) is 6.68. The number of hydroxylamine groups is 1. The van der Waals surface area contributed by atoms with E-state index in [1.54, 1.807) is 12.1 Å². The highest BCUT2D eigenvalue weighted by Gasteiger charge is 2.43. The minimum absolute atomic E-state index is 0.132. The first-order valence-corrected chi connectivity index (χ1v) is 11.3. The first kappa shape index (κ1) is 22.1. The molecule has 152 valence electrons. The van der Waals surface area contributed by atoms with Crippen molar-refractivity contribution in [3.63, 3.8) is 0 Å². The number of rotatable bonds is 7. The molecule has 2 aromatic rings. The van der Waals surface area contributed by atoms with Crippen LogP contribution < -0.4 is 11.0 Å². The highest BCUT2D eigenvalue weighted by atomic mass is 32.2. The van der Waals surface area contributed by atoms with Crippen molar-refractivity contribution in [1.82, 2.24) is 10.0 Å². The number of carbonyl (C=O) groups excluding carboxylic acids is 1. The van der Waals surface area contributed by atoms with Crippen LogP contribution in [-0.2, 0) is 21.2 Å². The summed E-state index contributed by atoms with van der Waals surface area (Å²) in [5.74, 6) is -1.77. The lowest BCUT2D eigenvalue weighted by Gasteiger charge is -2.25. The summed E-state index contributed by atoms with van der Waals surface area (Å²) in [4.78, 5) is 25.2. The number of hydrogen-bond acceptors (Lipinski definition) is 6.